The second-order valence-corrected chi connectivity index (χ2v) is 5.86. The highest BCUT2D eigenvalue weighted by molar-refractivity contribution is 6.27. The summed E-state index contributed by atoms with van der Waals surface area (Å²) < 4.78 is 0. The molecule has 25 heavy (non-hydrogen) atoms. The molecule has 0 bridgehead atoms. The van der Waals surface area contributed by atoms with Crippen LogP contribution in [0.5, 0.6) is 0 Å². The fourth-order valence-electron chi connectivity index (χ4n) is 2.17. The summed E-state index contributed by atoms with van der Waals surface area (Å²) in [6.45, 7) is 3.11. The van der Waals surface area contributed by atoms with Crippen molar-refractivity contribution in [2.24, 2.45) is 0 Å². The van der Waals surface area contributed by atoms with Crippen molar-refractivity contribution in [3.63, 3.8) is 0 Å². The van der Waals surface area contributed by atoms with Crippen LogP contribution in [0.15, 0.2) is 30.3 Å². The van der Waals surface area contributed by atoms with E-state index < -0.39 is 23.9 Å². The van der Waals surface area contributed by atoms with Crippen molar-refractivity contribution < 1.29 is 34.5 Å². The Labute approximate surface area is 144 Å². The maximum Gasteiger partial charge on any atom is 0.414 e. The number of hydrogen-bond acceptors (Lipinski definition) is 6. The normalized spacial score (nSPS) is 22.4. The monoisotopic (exact) mass is 354 g/mol. The summed E-state index contributed by atoms with van der Waals surface area (Å²) in [5, 5.41) is 26.7. The van der Waals surface area contributed by atoms with Crippen molar-refractivity contribution in [3.05, 3.63) is 35.9 Å². The standard InChI is InChI=1S/C14H20N2O3.C2H2O4/c1-14(8-7-12(13(17)18)15-10-14)16-19-9-11-5-3-2-4-6-11;3-1(4)2(5)6/h2-6,12,15-16H,7-10H2,1H3,(H,17,18);(H,3,4)(H,5,6)/t12-,14+;/m0./s1. The van der Waals surface area contributed by atoms with Gasteiger partial charge in [-0.25, -0.2) is 9.59 Å². The van der Waals surface area contributed by atoms with Crippen LogP contribution in [-0.4, -0.2) is 51.4 Å². The highest BCUT2D eigenvalue weighted by Crippen LogP contribution is 2.19. The van der Waals surface area contributed by atoms with Gasteiger partial charge in [0, 0.05) is 6.54 Å². The van der Waals surface area contributed by atoms with Gasteiger partial charge < -0.3 is 20.6 Å². The van der Waals surface area contributed by atoms with Crippen LogP contribution in [0.4, 0.5) is 0 Å². The molecule has 1 aliphatic rings. The van der Waals surface area contributed by atoms with Gasteiger partial charge in [-0.3, -0.25) is 9.63 Å². The first-order valence-corrected chi connectivity index (χ1v) is 7.59. The van der Waals surface area contributed by atoms with E-state index in [1.54, 1.807) is 0 Å². The number of hydroxylamine groups is 1. The molecule has 1 aromatic carbocycles. The molecule has 1 heterocycles. The molecule has 138 valence electrons. The van der Waals surface area contributed by atoms with Gasteiger partial charge in [-0.2, -0.15) is 5.48 Å². The molecular weight excluding hydrogens is 332 g/mol. The van der Waals surface area contributed by atoms with E-state index in [1.807, 2.05) is 37.3 Å². The van der Waals surface area contributed by atoms with Gasteiger partial charge in [0.2, 0.25) is 0 Å². The predicted molar refractivity (Wildman–Crippen MR) is 86.7 cm³/mol. The lowest BCUT2D eigenvalue weighted by atomic mass is 9.90. The van der Waals surface area contributed by atoms with Crippen LogP contribution in [0.25, 0.3) is 0 Å². The summed E-state index contributed by atoms with van der Waals surface area (Å²) in [7, 11) is 0. The van der Waals surface area contributed by atoms with E-state index in [4.69, 9.17) is 29.7 Å². The van der Waals surface area contributed by atoms with E-state index in [2.05, 4.69) is 10.8 Å². The summed E-state index contributed by atoms with van der Waals surface area (Å²) in [5.74, 6) is -4.43. The minimum atomic E-state index is -1.82. The molecule has 0 unspecified atom stereocenters. The van der Waals surface area contributed by atoms with Crippen LogP contribution in [0.2, 0.25) is 0 Å². The summed E-state index contributed by atoms with van der Waals surface area (Å²) >= 11 is 0. The van der Waals surface area contributed by atoms with Gasteiger partial charge in [0.15, 0.2) is 0 Å². The Morgan fingerprint density at radius 2 is 1.80 bits per heavy atom. The van der Waals surface area contributed by atoms with E-state index >= 15 is 0 Å². The average molecular weight is 354 g/mol. The minimum Gasteiger partial charge on any atom is -0.480 e. The van der Waals surface area contributed by atoms with Crippen LogP contribution in [-0.2, 0) is 25.8 Å². The number of rotatable bonds is 5. The van der Waals surface area contributed by atoms with Crippen molar-refractivity contribution in [3.8, 4) is 0 Å². The largest absolute Gasteiger partial charge is 0.480 e. The molecule has 9 heteroatoms. The fraction of sp³-hybridized carbons (Fsp3) is 0.438. The third-order valence-corrected chi connectivity index (χ3v) is 3.60. The molecule has 1 saturated heterocycles. The van der Waals surface area contributed by atoms with E-state index in [0.29, 0.717) is 19.6 Å². The molecular formula is C16H22N2O7. The molecule has 5 N–H and O–H groups in total. The molecule has 1 aromatic rings. The van der Waals surface area contributed by atoms with Gasteiger partial charge in [0.05, 0.1) is 12.1 Å². The SMILES string of the molecule is C[C@@]1(NOCc2ccccc2)CC[C@@H](C(=O)O)NC1.O=C(O)C(=O)O. The van der Waals surface area contributed by atoms with E-state index in [0.717, 1.165) is 12.0 Å². The molecule has 0 radical (unpaired) electrons. The van der Waals surface area contributed by atoms with Crippen LogP contribution < -0.4 is 10.8 Å². The number of hydrogen-bond donors (Lipinski definition) is 5. The molecule has 0 amide bonds. The zero-order valence-corrected chi connectivity index (χ0v) is 13.8. The predicted octanol–water partition coefficient (Wildman–Crippen LogP) is 0.459. The number of benzene rings is 1. The maximum atomic E-state index is 10.9. The average Bonchev–Trinajstić information content (AvgIpc) is 2.56. The quantitative estimate of drug-likeness (QED) is 0.376. The van der Waals surface area contributed by atoms with E-state index in [9.17, 15) is 4.79 Å². The lowest BCUT2D eigenvalue weighted by Gasteiger charge is -2.36. The first-order valence-electron chi connectivity index (χ1n) is 7.59. The Balaban J connectivity index is 0.000000450. The molecule has 2 rings (SSSR count). The molecule has 1 aliphatic heterocycles. The Hall–Kier alpha value is -2.49. The summed E-state index contributed by atoms with van der Waals surface area (Å²) in [4.78, 5) is 34.6. The fourth-order valence-corrected chi connectivity index (χ4v) is 2.17. The molecule has 2 atom stereocenters. The number of aliphatic carboxylic acids is 3. The Bertz CT molecular complexity index is 571. The third-order valence-electron chi connectivity index (χ3n) is 3.60. The molecule has 0 aromatic heterocycles. The zero-order valence-electron chi connectivity index (χ0n) is 13.8. The highest BCUT2D eigenvalue weighted by atomic mass is 16.6. The van der Waals surface area contributed by atoms with Gasteiger partial charge in [-0.15, -0.1) is 0 Å². The number of carboxylic acids is 3. The van der Waals surface area contributed by atoms with Gasteiger partial charge in [0.1, 0.15) is 6.04 Å². The van der Waals surface area contributed by atoms with Gasteiger partial charge in [0.25, 0.3) is 0 Å². The second-order valence-electron chi connectivity index (χ2n) is 5.86. The topological polar surface area (TPSA) is 145 Å². The van der Waals surface area contributed by atoms with Crippen molar-refractivity contribution in [2.75, 3.05) is 6.54 Å². The van der Waals surface area contributed by atoms with Gasteiger partial charge >= 0.3 is 17.9 Å². The summed E-state index contributed by atoms with van der Waals surface area (Å²) in [6, 6.07) is 9.48. The molecule has 0 spiro atoms. The van der Waals surface area contributed by atoms with Crippen LogP contribution in [0.3, 0.4) is 0 Å². The zero-order chi connectivity index (χ0) is 18.9. The van der Waals surface area contributed by atoms with Crippen LogP contribution in [0, 0.1) is 0 Å². The van der Waals surface area contributed by atoms with Crippen molar-refractivity contribution in [1.29, 1.82) is 0 Å². The summed E-state index contributed by atoms with van der Waals surface area (Å²) in [6.07, 6.45) is 1.37. The lowest BCUT2D eigenvalue weighted by Crippen LogP contribution is -2.58. The third kappa shape index (κ3) is 7.75. The lowest BCUT2D eigenvalue weighted by molar-refractivity contribution is -0.159. The van der Waals surface area contributed by atoms with Gasteiger partial charge in [-0.05, 0) is 25.3 Å². The molecule has 9 nitrogen and oxygen atoms in total. The van der Waals surface area contributed by atoms with E-state index in [1.165, 1.54) is 0 Å². The summed E-state index contributed by atoms with van der Waals surface area (Å²) in [5.41, 5.74) is 3.93. The first-order chi connectivity index (χ1) is 11.7. The first kappa shape index (κ1) is 20.6. The molecule has 1 fully saturated rings. The number of nitrogens with one attached hydrogen (secondary N) is 2. The van der Waals surface area contributed by atoms with Crippen molar-refractivity contribution in [1.82, 2.24) is 10.8 Å². The Kier molecular flexibility index (Phi) is 7.99. The Morgan fingerprint density at radius 3 is 2.24 bits per heavy atom. The van der Waals surface area contributed by atoms with Gasteiger partial charge in [-0.1, -0.05) is 30.3 Å². The number of carbonyl (C=O) groups is 3. The minimum absolute atomic E-state index is 0.221. The number of piperidine rings is 1. The van der Waals surface area contributed by atoms with Crippen LogP contribution >= 0.6 is 0 Å². The van der Waals surface area contributed by atoms with E-state index in [-0.39, 0.29) is 5.54 Å². The molecule has 0 saturated carbocycles. The smallest absolute Gasteiger partial charge is 0.414 e. The maximum absolute atomic E-state index is 10.9. The molecule has 0 aliphatic carbocycles. The van der Waals surface area contributed by atoms with Crippen LogP contribution in [0.1, 0.15) is 25.3 Å². The highest BCUT2D eigenvalue weighted by Gasteiger charge is 2.33. The number of carboxylic acid groups (broad SMARTS) is 3. The second kappa shape index (κ2) is 9.72. The Morgan fingerprint density at radius 1 is 1.20 bits per heavy atom. The van der Waals surface area contributed by atoms with Crippen molar-refractivity contribution >= 4 is 17.9 Å². The van der Waals surface area contributed by atoms with Crippen molar-refractivity contribution in [2.45, 2.75) is 38.0 Å².